The molecule has 0 radical (unpaired) electrons. The van der Waals surface area contributed by atoms with Crippen LogP contribution in [-0.4, -0.2) is 16.5 Å². The first kappa shape index (κ1) is 14.7. The minimum Gasteiger partial charge on any atom is -0.390 e. The van der Waals surface area contributed by atoms with Crippen molar-refractivity contribution in [2.24, 2.45) is 17.3 Å². The molecule has 1 saturated carbocycles. The number of rotatable bonds is 0. The van der Waals surface area contributed by atoms with Gasteiger partial charge in [-0.1, -0.05) is 26.3 Å². The Bertz CT molecular complexity index is 359. The van der Waals surface area contributed by atoms with E-state index in [1.165, 1.54) is 5.57 Å². The molecule has 2 aliphatic carbocycles. The Kier molecular flexibility index (Phi) is 3.81. The fraction of sp³-hybridized carbons (Fsp3) is 0.786. The summed E-state index contributed by atoms with van der Waals surface area (Å²) in [7, 11) is 0. The van der Waals surface area contributed by atoms with Gasteiger partial charge >= 0.3 is 0 Å². The highest BCUT2D eigenvalue weighted by Crippen LogP contribution is 2.55. The first-order valence-electron chi connectivity index (χ1n) is 6.23. The van der Waals surface area contributed by atoms with Crippen molar-refractivity contribution in [2.75, 3.05) is 0 Å². The lowest BCUT2D eigenvalue weighted by Crippen LogP contribution is -2.50. The second-order valence-electron chi connectivity index (χ2n) is 6.16. The topological polar surface area (TPSA) is 37.3 Å². The SMILES string of the molecule is CC1C(C)[C@@]2(C)CCC(=O)C=C2CC1(C)O.Cl. The smallest absolute Gasteiger partial charge is 0.155 e. The average molecular weight is 259 g/mol. The molecule has 2 aliphatic rings. The predicted molar refractivity (Wildman–Crippen MR) is 71.2 cm³/mol. The minimum atomic E-state index is -0.664. The Morgan fingerprint density at radius 3 is 2.47 bits per heavy atom. The highest BCUT2D eigenvalue weighted by Gasteiger charge is 2.50. The maximum Gasteiger partial charge on any atom is 0.155 e. The molecule has 0 bridgehead atoms. The monoisotopic (exact) mass is 258 g/mol. The Morgan fingerprint density at radius 1 is 1.29 bits per heavy atom. The standard InChI is InChI=1S/C14H22O2.ClH/c1-9-10(2)14(4,16)8-11-7-12(15)5-6-13(9,11)3;/h7,9-10,16H,5-6,8H2,1-4H3;1H/t9?,10?,13-,14?;/m1./s1. The summed E-state index contributed by atoms with van der Waals surface area (Å²) in [5.74, 6) is 0.934. The first-order valence-corrected chi connectivity index (χ1v) is 6.23. The molecule has 98 valence electrons. The zero-order chi connectivity index (χ0) is 12.1. The molecule has 4 atom stereocenters. The van der Waals surface area contributed by atoms with Gasteiger partial charge in [-0.3, -0.25) is 4.79 Å². The fourth-order valence-electron chi connectivity index (χ4n) is 3.38. The van der Waals surface area contributed by atoms with E-state index in [2.05, 4.69) is 20.8 Å². The number of carbonyl (C=O) groups is 1. The van der Waals surface area contributed by atoms with Crippen LogP contribution in [0.4, 0.5) is 0 Å². The lowest BCUT2D eigenvalue weighted by Gasteiger charge is -2.53. The predicted octanol–water partition coefficient (Wildman–Crippen LogP) is 3.13. The highest BCUT2D eigenvalue weighted by molar-refractivity contribution is 5.91. The number of allylic oxidation sites excluding steroid dienone is 1. The molecule has 17 heavy (non-hydrogen) atoms. The molecule has 0 spiro atoms. The van der Waals surface area contributed by atoms with Crippen molar-refractivity contribution in [3.63, 3.8) is 0 Å². The van der Waals surface area contributed by atoms with Crippen LogP contribution in [0.15, 0.2) is 11.6 Å². The van der Waals surface area contributed by atoms with Crippen LogP contribution in [0.5, 0.6) is 0 Å². The molecule has 0 aromatic carbocycles. The molecule has 0 aliphatic heterocycles. The van der Waals surface area contributed by atoms with Crippen molar-refractivity contribution >= 4 is 18.2 Å². The van der Waals surface area contributed by atoms with E-state index >= 15 is 0 Å². The van der Waals surface area contributed by atoms with Gasteiger partial charge in [0.05, 0.1) is 5.60 Å². The van der Waals surface area contributed by atoms with Crippen LogP contribution >= 0.6 is 12.4 Å². The van der Waals surface area contributed by atoms with Gasteiger partial charge in [0.2, 0.25) is 0 Å². The van der Waals surface area contributed by atoms with Crippen LogP contribution in [0.1, 0.15) is 47.0 Å². The lowest BCUT2D eigenvalue weighted by molar-refractivity contribution is -0.118. The van der Waals surface area contributed by atoms with Gasteiger partial charge in [-0.05, 0) is 43.1 Å². The first-order chi connectivity index (χ1) is 7.27. The molecule has 0 aromatic heterocycles. The number of hydrogen-bond donors (Lipinski definition) is 1. The maximum atomic E-state index is 11.5. The largest absolute Gasteiger partial charge is 0.390 e. The molecule has 0 saturated heterocycles. The summed E-state index contributed by atoms with van der Waals surface area (Å²) in [4.78, 5) is 11.5. The average Bonchev–Trinajstić information content (AvgIpc) is 2.19. The molecule has 2 rings (SSSR count). The number of fused-ring (bicyclic) bond motifs is 1. The van der Waals surface area contributed by atoms with E-state index in [1.54, 1.807) is 6.08 Å². The zero-order valence-electron chi connectivity index (χ0n) is 11.1. The Labute approximate surface area is 110 Å². The number of ketones is 1. The maximum absolute atomic E-state index is 11.5. The number of halogens is 1. The van der Waals surface area contributed by atoms with Gasteiger partial charge in [0.1, 0.15) is 0 Å². The van der Waals surface area contributed by atoms with Crippen LogP contribution in [0.25, 0.3) is 0 Å². The summed E-state index contributed by atoms with van der Waals surface area (Å²) in [5.41, 5.74) is 0.622. The Morgan fingerprint density at radius 2 is 1.88 bits per heavy atom. The molecule has 1 N–H and O–H groups in total. The summed E-state index contributed by atoms with van der Waals surface area (Å²) in [6.45, 7) is 8.49. The third-order valence-electron chi connectivity index (χ3n) is 5.24. The van der Waals surface area contributed by atoms with Crippen molar-refractivity contribution in [3.05, 3.63) is 11.6 Å². The summed E-state index contributed by atoms with van der Waals surface area (Å²) in [5, 5.41) is 10.4. The summed E-state index contributed by atoms with van der Waals surface area (Å²) >= 11 is 0. The normalized spacial score (nSPS) is 45.7. The second kappa shape index (κ2) is 4.40. The van der Waals surface area contributed by atoms with Gasteiger partial charge in [-0.25, -0.2) is 0 Å². The van der Waals surface area contributed by atoms with Gasteiger partial charge in [-0.15, -0.1) is 12.4 Å². The van der Waals surface area contributed by atoms with Crippen LogP contribution in [-0.2, 0) is 4.79 Å². The van der Waals surface area contributed by atoms with Gasteiger partial charge in [0.25, 0.3) is 0 Å². The van der Waals surface area contributed by atoms with E-state index < -0.39 is 5.60 Å². The second-order valence-corrected chi connectivity index (χ2v) is 6.16. The van der Waals surface area contributed by atoms with Gasteiger partial charge in [-0.2, -0.15) is 0 Å². The van der Waals surface area contributed by atoms with Gasteiger partial charge in [0, 0.05) is 6.42 Å². The Hall–Kier alpha value is -0.340. The highest BCUT2D eigenvalue weighted by atomic mass is 35.5. The van der Waals surface area contributed by atoms with Gasteiger partial charge < -0.3 is 5.11 Å². The lowest BCUT2D eigenvalue weighted by atomic mass is 9.53. The number of hydrogen-bond acceptors (Lipinski definition) is 2. The summed E-state index contributed by atoms with van der Waals surface area (Å²) in [6.07, 6.45) is 4.06. The molecule has 3 heteroatoms. The molecular formula is C14H23ClO2. The van der Waals surface area contributed by atoms with E-state index in [0.717, 1.165) is 6.42 Å². The van der Waals surface area contributed by atoms with Crippen LogP contribution < -0.4 is 0 Å². The van der Waals surface area contributed by atoms with E-state index in [4.69, 9.17) is 0 Å². The quantitative estimate of drug-likeness (QED) is 0.725. The Balaban J connectivity index is 0.00000144. The van der Waals surface area contributed by atoms with Crippen molar-refractivity contribution in [1.29, 1.82) is 0 Å². The molecule has 1 fully saturated rings. The molecule has 0 aromatic rings. The van der Waals surface area contributed by atoms with Crippen LogP contribution in [0, 0.1) is 17.3 Å². The molecular weight excluding hydrogens is 236 g/mol. The molecule has 2 nitrogen and oxygen atoms in total. The fourth-order valence-corrected chi connectivity index (χ4v) is 3.38. The number of aliphatic hydroxyl groups is 1. The van der Waals surface area contributed by atoms with E-state index in [0.29, 0.717) is 18.8 Å². The van der Waals surface area contributed by atoms with E-state index in [1.807, 2.05) is 6.92 Å². The summed E-state index contributed by atoms with van der Waals surface area (Å²) in [6, 6.07) is 0. The van der Waals surface area contributed by atoms with Crippen molar-refractivity contribution in [3.8, 4) is 0 Å². The van der Waals surface area contributed by atoms with Gasteiger partial charge in [0.15, 0.2) is 5.78 Å². The minimum absolute atomic E-state index is 0. The molecule has 3 unspecified atom stereocenters. The zero-order valence-corrected chi connectivity index (χ0v) is 11.9. The third-order valence-corrected chi connectivity index (χ3v) is 5.24. The van der Waals surface area contributed by atoms with Crippen LogP contribution in [0.3, 0.4) is 0 Å². The van der Waals surface area contributed by atoms with E-state index in [-0.39, 0.29) is 29.5 Å². The molecule has 0 heterocycles. The van der Waals surface area contributed by atoms with Crippen LogP contribution in [0.2, 0.25) is 0 Å². The summed E-state index contributed by atoms with van der Waals surface area (Å²) < 4.78 is 0. The van der Waals surface area contributed by atoms with Crippen molar-refractivity contribution in [2.45, 2.75) is 52.6 Å². The number of carbonyl (C=O) groups excluding carboxylic acids is 1. The third kappa shape index (κ3) is 2.17. The van der Waals surface area contributed by atoms with E-state index in [9.17, 15) is 9.90 Å². The van der Waals surface area contributed by atoms with Crippen molar-refractivity contribution < 1.29 is 9.90 Å². The van der Waals surface area contributed by atoms with Crippen molar-refractivity contribution in [1.82, 2.24) is 0 Å². The molecule has 0 amide bonds.